The standard InChI is InChI=1S/C14H14.C10H15.2C5H5.C2H7Si.Zr/c1-3-7-13(8-4-1)11-12-14-9-5-2-6-10-14;1-7-6-10(4,5)9(3)8(7)2;2*1-2-4-5-3-1;1-3-2;/h1-10H,11-12H2;1-5H3;2*1-3H,4H2;3H,1-2H3;. The van der Waals surface area contributed by atoms with Crippen molar-refractivity contribution in [3.63, 3.8) is 0 Å². The Bertz CT molecular complexity index is 1240. The van der Waals surface area contributed by atoms with E-state index in [9.17, 15) is 0 Å². The first-order chi connectivity index (χ1) is 18.2. The van der Waals surface area contributed by atoms with E-state index in [2.05, 4.69) is 145 Å². The molecule has 0 radical (unpaired) electrons. The Morgan fingerprint density at radius 2 is 1.13 bits per heavy atom. The van der Waals surface area contributed by atoms with E-state index in [1.807, 2.05) is 9.84 Å². The Kier molecular flexibility index (Phi) is 9.49. The molecule has 0 bridgehead atoms. The number of benzene rings is 2. The van der Waals surface area contributed by atoms with Crippen molar-refractivity contribution in [3.05, 3.63) is 135 Å². The summed E-state index contributed by atoms with van der Waals surface area (Å²) in [5.74, 6) is -0.847. The van der Waals surface area contributed by atoms with Gasteiger partial charge in [-0.3, -0.25) is 0 Å². The van der Waals surface area contributed by atoms with Crippen molar-refractivity contribution in [2.24, 2.45) is 5.41 Å². The summed E-state index contributed by atoms with van der Waals surface area (Å²) in [6.45, 7) is 17.5. The third-order valence-corrected chi connectivity index (χ3v) is 41.1. The Hall–Kier alpha value is -2.02. The molecule has 0 aliphatic heterocycles. The van der Waals surface area contributed by atoms with Crippen LogP contribution in [0.1, 0.15) is 58.6 Å². The molecule has 0 N–H and O–H groups in total. The molecule has 198 valence electrons. The Balaban J connectivity index is 0.000000204. The molecule has 0 nitrogen and oxygen atoms in total. The molecule has 0 fully saturated rings. The van der Waals surface area contributed by atoms with Crippen LogP contribution in [0, 0.1) is 5.41 Å². The fourth-order valence-electron chi connectivity index (χ4n) is 7.00. The Morgan fingerprint density at radius 3 is 1.45 bits per heavy atom. The molecule has 0 amide bonds. The molecule has 0 unspecified atom stereocenters. The van der Waals surface area contributed by atoms with Gasteiger partial charge in [0.1, 0.15) is 0 Å². The molecule has 0 aromatic heterocycles. The first-order valence-electron chi connectivity index (χ1n) is 14.4. The number of aryl methyl sites for hydroxylation is 2. The molecule has 0 saturated carbocycles. The van der Waals surface area contributed by atoms with Gasteiger partial charge in [-0.1, -0.05) is 60.7 Å². The van der Waals surface area contributed by atoms with Crippen molar-refractivity contribution in [2.45, 2.75) is 73.4 Å². The Morgan fingerprint density at radius 1 is 0.684 bits per heavy atom. The molecular weight excluding hydrogens is 552 g/mol. The van der Waals surface area contributed by atoms with E-state index in [-0.39, 0.29) is 5.41 Å². The molecule has 0 spiro atoms. The predicted octanol–water partition coefficient (Wildman–Crippen LogP) is 9.93. The number of rotatable bonds is 7. The molecular formula is C36H46SiZr. The molecule has 2 aromatic carbocycles. The number of hydrogen-bond donors (Lipinski definition) is 0. The van der Waals surface area contributed by atoms with Crippen molar-refractivity contribution < 1.29 is 19.4 Å². The van der Waals surface area contributed by atoms with Crippen LogP contribution in [0.4, 0.5) is 0 Å². The van der Waals surface area contributed by atoms with Gasteiger partial charge in [0.25, 0.3) is 0 Å². The van der Waals surface area contributed by atoms with Gasteiger partial charge < -0.3 is 0 Å². The summed E-state index contributed by atoms with van der Waals surface area (Å²) in [6.07, 6.45) is 19.2. The molecule has 0 heterocycles. The predicted molar refractivity (Wildman–Crippen MR) is 168 cm³/mol. The van der Waals surface area contributed by atoms with Crippen LogP contribution in [0.3, 0.4) is 0 Å². The maximum atomic E-state index is 2.65. The minimum absolute atomic E-state index is 0.244. The van der Waals surface area contributed by atoms with Crippen LogP contribution in [0.15, 0.2) is 124 Å². The fourth-order valence-corrected chi connectivity index (χ4v) is 41.5. The molecule has 2 heteroatoms. The zero-order chi connectivity index (χ0) is 27.3. The van der Waals surface area contributed by atoms with E-state index in [0.29, 0.717) is 0 Å². The quantitative estimate of drug-likeness (QED) is 0.279. The van der Waals surface area contributed by atoms with Gasteiger partial charge in [0.05, 0.1) is 0 Å². The van der Waals surface area contributed by atoms with Gasteiger partial charge in [0.15, 0.2) is 0 Å². The summed E-state index contributed by atoms with van der Waals surface area (Å²) in [5, 5.41) is 0. The topological polar surface area (TPSA) is 0 Å². The summed E-state index contributed by atoms with van der Waals surface area (Å²) >= 11 is -2.79. The van der Waals surface area contributed by atoms with E-state index >= 15 is 0 Å². The zero-order valence-electron chi connectivity index (χ0n) is 24.6. The van der Waals surface area contributed by atoms with Crippen LogP contribution in [0.25, 0.3) is 0 Å². The second-order valence-electron chi connectivity index (χ2n) is 12.0. The maximum absolute atomic E-state index is 2.79. The van der Waals surface area contributed by atoms with Gasteiger partial charge >= 0.3 is 154 Å². The summed E-state index contributed by atoms with van der Waals surface area (Å²) in [5.41, 5.74) is 7.91. The van der Waals surface area contributed by atoms with Crippen molar-refractivity contribution in [1.82, 2.24) is 0 Å². The average molecular weight is 598 g/mol. The summed E-state index contributed by atoms with van der Waals surface area (Å²) in [4.78, 5) is 0. The molecule has 5 rings (SSSR count). The van der Waals surface area contributed by atoms with E-state index in [1.165, 1.54) is 24.0 Å². The second kappa shape index (κ2) is 12.4. The number of allylic oxidation sites excluding steroid dienone is 12. The second-order valence-corrected chi connectivity index (χ2v) is 36.3. The van der Waals surface area contributed by atoms with Gasteiger partial charge in [0.2, 0.25) is 0 Å². The van der Waals surface area contributed by atoms with E-state index in [0.717, 1.165) is 12.8 Å². The Labute approximate surface area is 237 Å². The van der Waals surface area contributed by atoms with Gasteiger partial charge in [-0.15, -0.1) is 0 Å². The first kappa shape index (κ1) is 29.0. The fraction of sp³-hybridized carbons (Fsp3) is 0.333. The van der Waals surface area contributed by atoms with E-state index < -0.39 is 25.4 Å². The number of hydrogen-bond acceptors (Lipinski definition) is 0. The summed E-state index contributed by atoms with van der Waals surface area (Å²) < 4.78 is 5.62. The molecule has 3 aliphatic carbocycles. The maximum Gasteiger partial charge on any atom is -0.0238 e. The molecule has 3 aliphatic rings. The monoisotopic (exact) mass is 596 g/mol. The molecule has 0 saturated heterocycles. The van der Waals surface area contributed by atoms with Crippen LogP contribution in [-0.4, -0.2) is 5.92 Å². The van der Waals surface area contributed by atoms with Crippen molar-refractivity contribution >= 4 is 5.92 Å². The molecule has 0 atom stereocenters. The van der Waals surface area contributed by atoms with Crippen LogP contribution < -0.4 is 0 Å². The third kappa shape index (κ3) is 5.64. The van der Waals surface area contributed by atoms with E-state index in [1.54, 1.807) is 16.7 Å². The van der Waals surface area contributed by atoms with Crippen LogP contribution in [-0.2, 0) is 32.3 Å². The summed E-state index contributed by atoms with van der Waals surface area (Å²) in [7, 11) is 0. The van der Waals surface area contributed by atoms with E-state index in [4.69, 9.17) is 0 Å². The van der Waals surface area contributed by atoms with Gasteiger partial charge in [-0.2, -0.15) is 0 Å². The zero-order valence-corrected chi connectivity index (χ0v) is 28.3. The minimum atomic E-state index is -2.79. The van der Waals surface area contributed by atoms with Crippen molar-refractivity contribution in [2.75, 3.05) is 0 Å². The van der Waals surface area contributed by atoms with Crippen LogP contribution in [0.2, 0.25) is 13.1 Å². The first-order valence-corrected chi connectivity index (χ1v) is 25.2. The van der Waals surface area contributed by atoms with Crippen molar-refractivity contribution in [3.8, 4) is 0 Å². The van der Waals surface area contributed by atoms with Crippen molar-refractivity contribution in [1.29, 1.82) is 0 Å². The molecule has 2 aromatic rings. The largest absolute Gasteiger partial charge is 0.0622 e. The smallest absolute Gasteiger partial charge is 0.0238 e. The van der Waals surface area contributed by atoms with Gasteiger partial charge in [-0.05, 0) is 24.0 Å². The van der Waals surface area contributed by atoms with Crippen LogP contribution in [0.5, 0.6) is 0 Å². The van der Waals surface area contributed by atoms with Gasteiger partial charge in [-0.25, -0.2) is 0 Å². The third-order valence-electron chi connectivity index (χ3n) is 9.27. The molecule has 38 heavy (non-hydrogen) atoms. The average Bonchev–Trinajstić information content (AvgIpc) is 3.68. The van der Waals surface area contributed by atoms with Crippen LogP contribution >= 0.6 is 0 Å². The van der Waals surface area contributed by atoms with Gasteiger partial charge in [0, 0.05) is 0 Å². The summed E-state index contributed by atoms with van der Waals surface area (Å²) in [6, 6.07) is 21.2. The minimum Gasteiger partial charge on any atom is -0.0622 e. The SMILES string of the molecule is CC1=C(C)C(C)(C)[C]([Zr]([C]2=CC=CC2)([C]2=CC=CC2)[SiH](C)C)=C1C.c1ccc(CCc2ccccc2)cc1. The normalized spacial score (nSPS) is 18.2.